The first-order chi connectivity index (χ1) is 8.24. The molecular weight excluding hydrogens is 214 g/mol. The Hall–Kier alpha value is -1.05. The maximum Gasteiger partial charge on any atom is 0.234 e. The standard InChI is InChI=1S/C13H23N3O/c1-3-8-14-11-13(17)15-9-10-16(2)12-6-4-5-7-12/h1,12,14H,4-11H2,2H3,(H,15,17). The van der Waals surface area contributed by atoms with Gasteiger partial charge in [0.2, 0.25) is 5.91 Å². The summed E-state index contributed by atoms with van der Waals surface area (Å²) in [5, 5.41) is 5.75. The first-order valence-corrected chi connectivity index (χ1v) is 6.35. The Bertz CT molecular complexity index is 266. The van der Waals surface area contributed by atoms with Crippen LogP contribution in [0.25, 0.3) is 0 Å². The number of nitrogens with one attached hydrogen (secondary N) is 2. The molecule has 1 fully saturated rings. The highest BCUT2D eigenvalue weighted by molar-refractivity contribution is 5.77. The highest BCUT2D eigenvalue weighted by Gasteiger charge is 2.18. The van der Waals surface area contributed by atoms with Crippen LogP contribution in [-0.4, -0.2) is 50.1 Å². The van der Waals surface area contributed by atoms with Crippen LogP contribution in [0.2, 0.25) is 0 Å². The summed E-state index contributed by atoms with van der Waals surface area (Å²) < 4.78 is 0. The molecule has 1 amide bonds. The van der Waals surface area contributed by atoms with E-state index < -0.39 is 0 Å². The van der Waals surface area contributed by atoms with E-state index in [9.17, 15) is 4.79 Å². The lowest BCUT2D eigenvalue weighted by Gasteiger charge is -2.23. The van der Waals surface area contributed by atoms with Crippen LogP contribution in [0.4, 0.5) is 0 Å². The van der Waals surface area contributed by atoms with Crippen molar-refractivity contribution in [2.75, 3.05) is 33.2 Å². The molecule has 2 N–H and O–H groups in total. The van der Waals surface area contributed by atoms with Crippen LogP contribution in [0.3, 0.4) is 0 Å². The highest BCUT2D eigenvalue weighted by atomic mass is 16.1. The molecule has 1 aliphatic rings. The molecule has 1 saturated carbocycles. The van der Waals surface area contributed by atoms with Gasteiger partial charge in [0.15, 0.2) is 0 Å². The van der Waals surface area contributed by atoms with Gasteiger partial charge in [-0.3, -0.25) is 10.1 Å². The predicted molar refractivity (Wildman–Crippen MR) is 69.6 cm³/mol. The van der Waals surface area contributed by atoms with Gasteiger partial charge in [0.05, 0.1) is 13.1 Å². The van der Waals surface area contributed by atoms with Gasteiger partial charge in [-0.25, -0.2) is 0 Å². The third-order valence-corrected chi connectivity index (χ3v) is 3.25. The Morgan fingerprint density at radius 3 is 2.82 bits per heavy atom. The zero-order chi connectivity index (χ0) is 12.5. The Kier molecular flexibility index (Phi) is 6.68. The molecule has 0 atom stereocenters. The Morgan fingerprint density at radius 2 is 2.18 bits per heavy atom. The highest BCUT2D eigenvalue weighted by Crippen LogP contribution is 2.21. The first kappa shape index (κ1) is 14.0. The summed E-state index contributed by atoms with van der Waals surface area (Å²) in [4.78, 5) is 13.7. The number of terminal acetylenes is 1. The number of hydrogen-bond acceptors (Lipinski definition) is 3. The summed E-state index contributed by atoms with van der Waals surface area (Å²) in [6.45, 7) is 2.38. The minimum absolute atomic E-state index is 0.0140. The van der Waals surface area contributed by atoms with Crippen molar-refractivity contribution in [3.63, 3.8) is 0 Å². The molecule has 0 aromatic carbocycles. The molecule has 1 aliphatic carbocycles. The smallest absolute Gasteiger partial charge is 0.234 e. The lowest BCUT2D eigenvalue weighted by Crippen LogP contribution is -2.40. The number of carbonyl (C=O) groups is 1. The van der Waals surface area contributed by atoms with Crippen molar-refractivity contribution in [2.24, 2.45) is 0 Å². The number of nitrogens with zero attached hydrogens (tertiary/aromatic N) is 1. The van der Waals surface area contributed by atoms with Crippen molar-refractivity contribution in [1.82, 2.24) is 15.5 Å². The van der Waals surface area contributed by atoms with E-state index in [2.05, 4.69) is 28.5 Å². The van der Waals surface area contributed by atoms with E-state index in [0.717, 1.165) is 6.54 Å². The molecule has 17 heavy (non-hydrogen) atoms. The number of rotatable bonds is 7. The molecular formula is C13H23N3O. The van der Waals surface area contributed by atoms with E-state index in [0.29, 0.717) is 25.7 Å². The molecule has 0 saturated heterocycles. The molecule has 4 nitrogen and oxygen atoms in total. The molecule has 0 unspecified atom stereocenters. The van der Waals surface area contributed by atoms with E-state index in [1.54, 1.807) is 0 Å². The lowest BCUT2D eigenvalue weighted by molar-refractivity contribution is -0.120. The number of carbonyl (C=O) groups excluding carboxylic acids is 1. The van der Waals surface area contributed by atoms with Gasteiger partial charge in [-0.1, -0.05) is 18.8 Å². The van der Waals surface area contributed by atoms with Gasteiger partial charge in [0.25, 0.3) is 0 Å². The van der Waals surface area contributed by atoms with Crippen molar-refractivity contribution in [3.05, 3.63) is 0 Å². The summed E-state index contributed by atoms with van der Waals surface area (Å²) in [6.07, 6.45) is 10.4. The summed E-state index contributed by atoms with van der Waals surface area (Å²) in [7, 11) is 2.14. The van der Waals surface area contributed by atoms with Crippen LogP contribution in [0.1, 0.15) is 25.7 Å². The fraction of sp³-hybridized carbons (Fsp3) is 0.769. The third kappa shape index (κ3) is 5.71. The normalized spacial score (nSPS) is 16.1. The molecule has 0 aliphatic heterocycles. The number of likely N-dealkylation sites (N-methyl/N-ethyl adjacent to an activating group) is 1. The van der Waals surface area contributed by atoms with E-state index in [4.69, 9.17) is 6.42 Å². The van der Waals surface area contributed by atoms with Crippen molar-refractivity contribution in [1.29, 1.82) is 0 Å². The van der Waals surface area contributed by atoms with Gasteiger partial charge in [0.1, 0.15) is 0 Å². The maximum atomic E-state index is 11.4. The Balaban J connectivity index is 2.02. The summed E-state index contributed by atoms with van der Waals surface area (Å²) in [6, 6.07) is 0.714. The van der Waals surface area contributed by atoms with Crippen LogP contribution in [0.15, 0.2) is 0 Å². The topological polar surface area (TPSA) is 44.4 Å². The zero-order valence-corrected chi connectivity index (χ0v) is 10.7. The molecule has 1 rings (SSSR count). The van der Waals surface area contributed by atoms with Crippen molar-refractivity contribution < 1.29 is 4.79 Å². The summed E-state index contributed by atoms with van der Waals surface area (Å²) in [5.41, 5.74) is 0. The van der Waals surface area contributed by atoms with Crippen molar-refractivity contribution >= 4 is 5.91 Å². The van der Waals surface area contributed by atoms with Gasteiger partial charge in [-0.2, -0.15) is 0 Å². The van der Waals surface area contributed by atoms with Crippen LogP contribution >= 0.6 is 0 Å². The lowest BCUT2D eigenvalue weighted by atomic mass is 10.2. The minimum atomic E-state index is 0.0140. The molecule has 96 valence electrons. The molecule has 0 radical (unpaired) electrons. The largest absolute Gasteiger partial charge is 0.354 e. The van der Waals surface area contributed by atoms with Crippen LogP contribution < -0.4 is 10.6 Å². The van der Waals surface area contributed by atoms with E-state index in [1.165, 1.54) is 25.7 Å². The molecule has 0 spiro atoms. The predicted octanol–water partition coefficient (Wildman–Crippen LogP) is 0.200. The Labute approximate surface area is 104 Å². The number of hydrogen-bond donors (Lipinski definition) is 2. The van der Waals surface area contributed by atoms with Gasteiger partial charge in [0, 0.05) is 19.1 Å². The number of amides is 1. The fourth-order valence-corrected chi connectivity index (χ4v) is 2.21. The fourth-order valence-electron chi connectivity index (χ4n) is 2.21. The van der Waals surface area contributed by atoms with Crippen molar-refractivity contribution in [2.45, 2.75) is 31.7 Å². The molecule has 0 bridgehead atoms. The first-order valence-electron chi connectivity index (χ1n) is 6.35. The SMILES string of the molecule is C#CCNCC(=O)NCCN(C)C1CCCC1. The molecule has 0 heterocycles. The van der Waals surface area contributed by atoms with Gasteiger partial charge in [-0.05, 0) is 19.9 Å². The van der Waals surface area contributed by atoms with E-state index >= 15 is 0 Å². The quantitative estimate of drug-likeness (QED) is 0.491. The van der Waals surface area contributed by atoms with Crippen LogP contribution in [0, 0.1) is 12.3 Å². The third-order valence-electron chi connectivity index (χ3n) is 3.25. The van der Waals surface area contributed by atoms with Crippen molar-refractivity contribution in [3.8, 4) is 12.3 Å². The average Bonchev–Trinajstić information content (AvgIpc) is 2.82. The second-order valence-corrected chi connectivity index (χ2v) is 4.58. The van der Waals surface area contributed by atoms with Crippen LogP contribution in [-0.2, 0) is 4.79 Å². The summed E-state index contributed by atoms with van der Waals surface area (Å²) in [5.74, 6) is 2.45. The second kappa shape index (κ2) is 8.10. The second-order valence-electron chi connectivity index (χ2n) is 4.58. The Morgan fingerprint density at radius 1 is 1.47 bits per heavy atom. The van der Waals surface area contributed by atoms with Gasteiger partial charge >= 0.3 is 0 Å². The molecule has 0 aromatic heterocycles. The zero-order valence-electron chi connectivity index (χ0n) is 10.7. The average molecular weight is 237 g/mol. The monoisotopic (exact) mass is 237 g/mol. The van der Waals surface area contributed by atoms with E-state index in [1.807, 2.05) is 0 Å². The van der Waals surface area contributed by atoms with E-state index in [-0.39, 0.29) is 5.91 Å². The summed E-state index contributed by atoms with van der Waals surface area (Å²) >= 11 is 0. The minimum Gasteiger partial charge on any atom is -0.354 e. The molecule has 0 aromatic rings. The van der Waals surface area contributed by atoms with Crippen LogP contribution in [0.5, 0.6) is 0 Å². The molecule has 4 heteroatoms. The maximum absolute atomic E-state index is 11.4. The van der Waals surface area contributed by atoms with Gasteiger partial charge < -0.3 is 10.2 Å². The van der Waals surface area contributed by atoms with Gasteiger partial charge in [-0.15, -0.1) is 6.42 Å².